The minimum Gasteiger partial charge on any atom is -0.380 e. The summed E-state index contributed by atoms with van der Waals surface area (Å²) in [7, 11) is -4.43. The number of aromatic nitrogens is 4. The van der Waals surface area contributed by atoms with E-state index in [-0.39, 0.29) is 27.6 Å². The summed E-state index contributed by atoms with van der Waals surface area (Å²) in [6.07, 6.45) is 11.1. The Morgan fingerprint density at radius 1 is 0.938 bits per heavy atom. The topological polar surface area (TPSA) is 161 Å². The number of carbonyl (C=O) groups excluding carboxylic acids is 1. The van der Waals surface area contributed by atoms with E-state index in [2.05, 4.69) is 66.0 Å². The van der Waals surface area contributed by atoms with Crippen molar-refractivity contribution in [1.29, 1.82) is 0 Å². The molecule has 2 saturated heterocycles. The summed E-state index contributed by atoms with van der Waals surface area (Å²) in [6, 6.07) is 22.6. The van der Waals surface area contributed by atoms with Gasteiger partial charge in [-0.05, 0) is 127 Å². The molecule has 0 spiro atoms. The van der Waals surface area contributed by atoms with E-state index in [1.165, 1.54) is 41.7 Å². The lowest BCUT2D eigenvalue weighted by atomic mass is 9.72. The van der Waals surface area contributed by atoms with Gasteiger partial charge in [-0.15, -0.1) is 4.91 Å². The van der Waals surface area contributed by atoms with E-state index in [0.717, 1.165) is 94.0 Å². The molecule has 1 saturated carbocycles. The maximum Gasteiger partial charge on any atom is 0.267 e. The van der Waals surface area contributed by atoms with Gasteiger partial charge in [-0.1, -0.05) is 43.2 Å². The van der Waals surface area contributed by atoms with Crippen LogP contribution >= 0.6 is 11.6 Å². The highest BCUT2D eigenvalue weighted by atomic mass is 35.5. The van der Waals surface area contributed by atoms with Gasteiger partial charge in [-0.2, -0.15) is 0 Å². The fourth-order valence-corrected chi connectivity index (χ4v) is 10.9. The second-order valence-corrected chi connectivity index (χ2v) is 20.8. The number of aromatic amines is 1. The number of carbonyl (C=O) groups is 1. The number of H-pyrrole nitrogens is 1. The number of sulfonamides is 1. The van der Waals surface area contributed by atoms with Gasteiger partial charge in [0.2, 0.25) is 0 Å². The van der Waals surface area contributed by atoms with Crippen LogP contribution in [0.5, 0.6) is 0 Å². The summed E-state index contributed by atoms with van der Waals surface area (Å²) in [6.45, 7) is 10.8. The van der Waals surface area contributed by atoms with Crippen molar-refractivity contribution in [1.82, 2.24) is 34.3 Å². The summed E-state index contributed by atoms with van der Waals surface area (Å²) in [5.41, 5.74) is 8.27. The van der Waals surface area contributed by atoms with E-state index < -0.39 is 15.9 Å². The number of allylic oxidation sites excluding steroid dienone is 1. The van der Waals surface area contributed by atoms with Crippen LogP contribution in [0, 0.1) is 10.3 Å². The highest BCUT2D eigenvalue weighted by molar-refractivity contribution is 7.90. The van der Waals surface area contributed by atoms with Crippen LogP contribution in [0.15, 0.2) is 101 Å². The van der Waals surface area contributed by atoms with Crippen LogP contribution in [0.3, 0.4) is 0 Å². The molecule has 3 N–H and O–H groups in total. The molecule has 0 radical (unpaired) electrons. The van der Waals surface area contributed by atoms with E-state index in [9.17, 15) is 18.1 Å². The molecule has 5 heterocycles. The molecule has 3 aromatic heterocycles. The fraction of sp³-hybridized carbons (Fsp3) is 0.396. The first-order valence-corrected chi connectivity index (χ1v) is 24.2. The number of piperazine rings is 1. The van der Waals surface area contributed by atoms with Gasteiger partial charge in [0.25, 0.3) is 15.9 Å². The molecule has 0 atom stereocenters. The zero-order valence-corrected chi connectivity index (χ0v) is 37.8. The number of fused-ring (bicyclic) bond motifs is 2. The van der Waals surface area contributed by atoms with Crippen molar-refractivity contribution < 1.29 is 13.2 Å². The molecule has 1 amide bonds. The number of nitrogens with zero attached hydrogens (tertiary/aromatic N) is 7. The number of nitroso groups, excluding NO2 is 1. The van der Waals surface area contributed by atoms with Crippen molar-refractivity contribution >= 4 is 72.2 Å². The second-order valence-electron chi connectivity index (χ2n) is 18.6. The number of piperidine rings is 1. The van der Waals surface area contributed by atoms with Gasteiger partial charge in [-0.25, -0.2) is 23.1 Å². The first-order valence-electron chi connectivity index (χ1n) is 22.3. The number of likely N-dealkylation sites (tertiary alicyclic amines) is 1. The van der Waals surface area contributed by atoms with Gasteiger partial charge in [0, 0.05) is 86.4 Å². The number of anilines is 2. The summed E-state index contributed by atoms with van der Waals surface area (Å²) >= 11 is 6.27. The van der Waals surface area contributed by atoms with Crippen molar-refractivity contribution in [2.24, 2.45) is 10.6 Å². The number of hydrogen-bond donors (Lipinski definition) is 3. The van der Waals surface area contributed by atoms with E-state index in [1.807, 2.05) is 36.4 Å². The molecule has 0 bridgehead atoms. The lowest BCUT2D eigenvalue weighted by molar-refractivity contribution is 0.0981. The monoisotopic (exact) mass is 900 g/mol. The van der Waals surface area contributed by atoms with E-state index in [0.29, 0.717) is 34.1 Å². The average Bonchev–Trinajstić information content (AvgIpc) is 3.91. The van der Waals surface area contributed by atoms with Crippen LogP contribution < -0.4 is 14.9 Å². The molecule has 3 fully saturated rings. The molecule has 3 aromatic carbocycles. The first kappa shape index (κ1) is 42.3. The maximum absolute atomic E-state index is 14.2. The predicted molar refractivity (Wildman–Crippen MR) is 253 cm³/mol. The van der Waals surface area contributed by atoms with Crippen molar-refractivity contribution in [3.05, 3.63) is 112 Å². The number of pyridine rings is 1. The molecule has 2 aliphatic heterocycles. The van der Waals surface area contributed by atoms with Gasteiger partial charge >= 0.3 is 0 Å². The van der Waals surface area contributed by atoms with E-state index >= 15 is 0 Å². The zero-order chi connectivity index (χ0) is 44.2. The number of halogens is 1. The molecule has 0 unspecified atom stereocenters. The smallest absolute Gasteiger partial charge is 0.267 e. The highest BCUT2D eigenvalue weighted by Crippen LogP contribution is 2.43. The number of benzene rings is 3. The Bertz CT molecular complexity index is 2890. The summed E-state index contributed by atoms with van der Waals surface area (Å²) in [5.74, 6) is -0.823. The molecule has 4 aliphatic rings. The third-order valence-corrected chi connectivity index (χ3v) is 15.2. The van der Waals surface area contributed by atoms with Gasteiger partial charge < -0.3 is 15.1 Å². The van der Waals surface area contributed by atoms with Crippen LogP contribution in [-0.2, 0) is 10.0 Å². The molecule has 10 rings (SSSR count). The van der Waals surface area contributed by atoms with Crippen LogP contribution in [0.4, 0.5) is 17.1 Å². The fourth-order valence-electron chi connectivity index (χ4n) is 9.79. The molecule has 16 heteroatoms. The number of hydrogen-bond acceptors (Lipinski definition) is 11. The Morgan fingerprint density at radius 2 is 1.72 bits per heavy atom. The number of amides is 1. The molecule has 14 nitrogen and oxygen atoms in total. The highest BCUT2D eigenvalue weighted by Gasteiger charge is 2.33. The maximum atomic E-state index is 14.2. The van der Waals surface area contributed by atoms with Crippen molar-refractivity contribution in [3.63, 3.8) is 0 Å². The Labute approximate surface area is 378 Å². The van der Waals surface area contributed by atoms with Crippen LogP contribution in [0.1, 0.15) is 74.7 Å². The van der Waals surface area contributed by atoms with Gasteiger partial charge in [0.1, 0.15) is 11.2 Å². The second kappa shape index (κ2) is 17.1. The van der Waals surface area contributed by atoms with Crippen LogP contribution in [0.2, 0.25) is 5.02 Å². The van der Waals surface area contributed by atoms with Gasteiger partial charge in [-0.3, -0.25) is 19.5 Å². The van der Waals surface area contributed by atoms with Gasteiger partial charge in [0.05, 0.1) is 27.4 Å². The lowest BCUT2D eigenvalue weighted by Crippen LogP contribution is -2.47. The average molecular weight is 902 g/mol. The van der Waals surface area contributed by atoms with Crippen LogP contribution in [-0.4, -0.2) is 102 Å². The standard InChI is InChI=1S/C48H53ClN10O4S/c1-48(2)17-13-33(40(28-48)31-3-5-34(49)6-4-31)30-56-21-23-58(24-22-56)37-9-11-39(44(26-37)59-45-25-32-14-18-50-46(32)53-43(45)29-51-59)47(60)55-64(62,63)38-10-12-41(42(27-38)54-61)52-35-15-19-57(20-16-35)36-7-8-36/h3-6,9-12,14,18,25-27,29,35-36,51-52H,7-8,13,15-17,19-24,28,30H2,1-2H3,(H,55,60). The minimum atomic E-state index is -4.43. The Hall–Kier alpha value is -5.61. The Balaban J connectivity index is 0.894. The zero-order valence-electron chi connectivity index (χ0n) is 36.2. The number of rotatable bonds is 12. The van der Waals surface area contributed by atoms with Crippen molar-refractivity contribution in [3.8, 4) is 5.69 Å². The third kappa shape index (κ3) is 8.78. The van der Waals surface area contributed by atoms with Crippen molar-refractivity contribution in [2.45, 2.75) is 75.8 Å². The van der Waals surface area contributed by atoms with Crippen molar-refractivity contribution in [2.75, 3.05) is 56.0 Å². The quantitative estimate of drug-likeness (QED) is 0.101. The predicted octanol–water partition coefficient (Wildman–Crippen LogP) is 8.90. The molecule has 6 aromatic rings. The van der Waals surface area contributed by atoms with E-state index in [4.69, 9.17) is 16.6 Å². The summed E-state index contributed by atoms with van der Waals surface area (Å²) in [4.78, 5) is 42.5. The SMILES string of the molecule is CC1(C)CCC(CN2CCN(c3ccc(C(=O)NS(=O)(=O)c4ccc(NC5CCN(C6CC6)CC5)c(N=O)c4)c(-n4[nH]cc5nc6nccc6cc54)c3)CC2)=C(c2ccc(Cl)cc2)C1. The Morgan fingerprint density at radius 3 is 2.47 bits per heavy atom. The van der Waals surface area contributed by atoms with Gasteiger partial charge in [0.15, 0.2) is 5.65 Å². The molecular formula is C48H53ClN10O4S. The first-order chi connectivity index (χ1) is 30.9. The molecule has 2 aliphatic carbocycles. The summed E-state index contributed by atoms with van der Waals surface area (Å²) in [5, 5.41) is 11.4. The van der Waals surface area contributed by atoms with E-state index in [1.54, 1.807) is 29.2 Å². The molecule has 332 valence electrons. The van der Waals surface area contributed by atoms with Crippen LogP contribution in [0.25, 0.3) is 33.3 Å². The lowest BCUT2D eigenvalue weighted by Gasteiger charge is -2.39. The third-order valence-electron chi connectivity index (χ3n) is 13.6. The largest absolute Gasteiger partial charge is 0.380 e. The minimum absolute atomic E-state index is 0.0271. The molecule has 64 heavy (non-hydrogen) atoms. The Kier molecular flexibility index (Phi) is 11.3. The normalized spacial score (nSPS) is 19.1. The molecular weight excluding hydrogens is 848 g/mol. The summed E-state index contributed by atoms with van der Waals surface area (Å²) < 4.78 is 31.8. The number of nitrogens with one attached hydrogen (secondary N) is 3.